The summed E-state index contributed by atoms with van der Waals surface area (Å²) < 4.78 is 4.87. The standard InChI is InChI=1S/C9H13NO5/c1-9(2,3)15-8(14)10(4-5-11)6-7(12)13/h4H,6H2,1-3H3,(H,12,13). The number of ether oxygens (including phenoxy) is 1. The molecule has 1 amide bonds. The average Bonchev–Trinajstić information content (AvgIpc) is 1.99. The highest BCUT2D eigenvalue weighted by Gasteiger charge is 2.22. The molecule has 0 aromatic rings. The van der Waals surface area contributed by atoms with Crippen LogP contribution in [-0.2, 0) is 14.3 Å². The van der Waals surface area contributed by atoms with Crippen LogP contribution in [0, 0.1) is 0 Å². The topological polar surface area (TPSA) is 83.9 Å². The highest BCUT2D eigenvalue weighted by Crippen LogP contribution is 2.09. The van der Waals surface area contributed by atoms with Crippen molar-refractivity contribution in [3.63, 3.8) is 0 Å². The van der Waals surface area contributed by atoms with Crippen molar-refractivity contribution >= 4 is 18.0 Å². The van der Waals surface area contributed by atoms with Crippen molar-refractivity contribution in [2.45, 2.75) is 26.4 Å². The van der Waals surface area contributed by atoms with Crippen LogP contribution in [0.1, 0.15) is 20.8 Å². The Balaban J connectivity index is 4.56. The Hall–Kier alpha value is -1.81. The molecule has 0 aliphatic heterocycles. The van der Waals surface area contributed by atoms with Gasteiger partial charge in [0.2, 0.25) is 0 Å². The summed E-state index contributed by atoms with van der Waals surface area (Å²) in [6.45, 7) is 4.27. The van der Waals surface area contributed by atoms with Crippen molar-refractivity contribution in [2.24, 2.45) is 0 Å². The van der Waals surface area contributed by atoms with Gasteiger partial charge in [-0.1, -0.05) is 0 Å². The minimum atomic E-state index is -1.24. The SMILES string of the molecule is CC(C)(C)OC(=O)N(C=C=O)CC(=O)O. The first kappa shape index (κ1) is 13.2. The van der Waals surface area contributed by atoms with Gasteiger partial charge in [-0.25, -0.2) is 9.59 Å². The van der Waals surface area contributed by atoms with Crippen LogP contribution < -0.4 is 0 Å². The number of hydrogen-bond donors (Lipinski definition) is 1. The summed E-state index contributed by atoms with van der Waals surface area (Å²) in [7, 11) is 0. The molecule has 0 spiro atoms. The van der Waals surface area contributed by atoms with E-state index in [2.05, 4.69) is 0 Å². The van der Waals surface area contributed by atoms with Crippen LogP contribution in [0.4, 0.5) is 4.79 Å². The molecule has 0 heterocycles. The van der Waals surface area contributed by atoms with E-state index in [0.29, 0.717) is 11.1 Å². The van der Waals surface area contributed by atoms with Gasteiger partial charge < -0.3 is 9.84 Å². The van der Waals surface area contributed by atoms with Gasteiger partial charge in [-0.05, 0) is 20.8 Å². The lowest BCUT2D eigenvalue weighted by Crippen LogP contribution is -2.36. The van der Waals surface area contributed by atoms with Crippen LogP contribution in [-0.4, -0.2) is 40.2 Å². The van der Waals surface area contributed by atoms with Gasteiger partial charge in [0.05, 0.1) is 6.20 Å². The van der Waals surface area contributed by atoms with E-state index in [1.54, 1.807) is 20.8 Å². The first-order valence-electron chi connectivity index (χ1n) is 4.18. The van der Waals surface area contributed by atoms with Gasteiger partial charge >= 0.3 is 12.1 Å². The zero-order valence-electron chi connectivity index (χ0n) is 8.81. The number of nitrogens with zero attached hydrogens (tertiary/aromatic N) is 1. The van der Waals surface area contributed by atoms with E-state index in [4.69, 9.17) is 9.84 Å². The summed E-state index contributed by atoms with van der Waals surface area (Å²) in [5, 5.41) is 8.46. The average molecular weight is 215 g/mol. The lowest BCUT2D eigenvalue weighted by atomic mass is 10.2. The fraction of sp³-hybridized carbons (Fsp3) is 0.556. The third-order valence-electron chi connectivity index (χ3n) is 1.14. The molecule has 0 atom stereocenters. The second kappa shape index (κ2) is 5.17. The summed E-state index contributed by atoms with van der Waals surface area (Å²) >= 11 is 0. The van der Waals surface area contributed by atoms with Crippen molar-refractivity contribution < 1.29 is 24.2 Å². The Morgan fingerprint density at radius 2 is 2.00 bits per heavy atom. The molecule has 0 fully saturated rings. The summed E-state index contributed by atoms with van der Waals surface area (Å²) in [4.78, 5) is 32.4. The Morgan fingerprint density at radius 3 is 2.33 bits per heavy atom. The van der Waals surface area contributed by atoms with Crippen LogP contribution in [0.3, 0.4) is 0 Å². The molecule has 0 rings (SSSR count). The predicted molar refractivity (Wildman–Crippen MR) is 50.8 cm³/mol. The third kappa shape index (κ3) is 6.29. The van der Waals surface area contributed by atoms with Crippen LogP contribution in [0.25, 0.3) is 0 Å². The van der Waals surface area contributed by atoms with Gasteiger partial charge in [0, 0.05) is 0 Å². The van der Waals surface area contributed by atoms with Gasteiger partial charge in [-0.2, -0.15) is 0 Å². The van der Waals surface area contributed by atoms with E-state index in [1.165, 1.54) is 5.94 Å². The molecule has 0 aliphatic rings. The van der Waals surface area contributed by atoms with E-state index >= 15 is 0 Å². The van der Waals surface area contributed by atoms with E-state index in [1.807, 2.05) is 0 Å². The number of carboxylic acid groups (broad SMARTS) is 1. The summed E-state index contributed by atoms with van der Waals surface area (Å²) in [6, 6.07) is 0. The fourth-order valence-corrected chi connectivity index (χ4v) is 0.693. The molecular weight excluding hydrogens is 202 g/mol. The number of aliphatic carboxylic acids is 1. The zero-order valence-corrected chi connectivity index (χ0v) is 8.81. The first-order chi connectivity index (χ1) is 6.76. The third-order valence-corrected chi connectivity index (χ3v) is 1.14. The van der Waals surface area contributed by atoms with E-state index in [-0.39, 0.29) is 0 Å². The number of amides is 1. The molecule has 0 saturated carbocycles. The lowest BCUT2D eigenvalue weighted by Gasteiger charge is -2.23. The van der Waals surface area contributed by atoms with Crippen LogP contribution >= 0.6 is 0 Å². The van der Waals surface area contributed by atoms with Crippen LogP contribution in [0.2, 0.25) is 0 Å². The number of rotatable bonds is 3. The second-order valence-corrected chi connectivity index (χ2v) is 3.75. The number of carbonyl (C=O) groups is 2. The molecular formula is C9H13NO5. The quantitative estimate of drug-likeness (QED) is 0.699. The normalized spacial score (nSPS) is 10.1. The molecule has 0 aromatic carbocycles. The van der Waals surface area contributed by atoms with Gasteiger partial charge in [0.1, 0.15) is 18.1 Å². The van der Waals surface area contributed by atoms with Crippen molar-refractivity contribution in [1.82, 2.24) is 4.90 Å². The van der Waals surface area contributed by atoms with E-state index < -0.39 is 24.2 Å². The molecule has 15 heavy (non-hydrogen) atoms. The smallest absolute Gasteiger partial charge is 0.415 e. The molecule has 6 nitrogen and oxygen atoms in total. The molecule has 0 saturated heterocycles. The maximum atomic E-state index is 11.3. The number of carbonyl (C=O) groups excluding carboxylic acids is 2. The lowest BCUT2D eigenvalue weighted by molar-refractivity contribution is -0.137. The molecule has 0 radical (unpaired) electrons. The van der Waals surface area contributed by atoms with Crippen molar-refractivity contribution in [1.29, 1.82) is 0 Å². The summed E-state index contributed by atoms with van der Waals surface area (Å²) in [5.41, 5.74) is -0.745. The fourth-order valence-electron chi connectivity index (χ4n) is 0.693. The highest BCUT2D eigenvalue weighted by molar-refractivity contribution is 5.79. The van der Waals surface area contributed by atoms with E-state index in [0.717, 1.165) is 0 Å². The van der Waals surface area contributed by atoms with Gasteiger partial charge in [0.25, 0.3) is 0 Å². The molecule has 1 N–H and O–H groups in total. The Bertz CT molecular complexity index is 298. The van der Waals surface area contributed by atoms with Crippen molar-refractivity contribution in [2.75, 3.05) is 6.54 Å². The van der Waals surface area contributed by atoms with Crippen LogP contribution in [0.5, 0.6) is 0 Å². The van der Waals surface area contributed by atoms with Crippen molar-refractivity contribution in [3.8, 4) is 0 Å². The first-order valence-corrected chi connectivity index (χ1v) is 4.18. The van der Waals surface area contributed by atoms with Gasteiger partial charge in [-0.15, -0.1) is 0 Å². The summed E-state index contributed by atoms with van der Waals surface area (Å²) in [5.74, 6) is 0.0834. The number of carboxylic acids is 1. The maximum Gasteiger partial charge on any atom is 0.415 e. The van der Waals surface area contributed by atoms with Crippen LogP contribution in [0.15, 0.2) is 6.20 Å². The largest absolute Gasteiger partial charge is 0.480 e. The van der Waals surface area contributed by atoms with E-state index in [9.17, 15) is 14.4 Å². The number of hydrogen-bond acceptors (Lipinski definition) is 4. The molecule has 0 aromatic heterocycles. The van der Waals surface area contributed by atoms with Gasteiger partial charge in [-0.3, -0.25) is 9.69 Å². The highest BCUT2D eigenvalue weighted by atomic mass is 16.6. The molecule has 0 bridgehead atoms. The maximum absolute atomic E-state index is 11.3. The Kier molecular flexibility index (Phi) is 4.54. The minimum absolute atomic E-state index is 0.635. The predicted octanol–water partition coefficient (Wildman–Crippen LogP) is 0.653. The molecule has 6 heteroatoms. The monoisotopic (exact) mass is 215 g/mol. The second-order valence-electron chi connectivity index (χ2n) is 3.75. The Morgan fingerprint density at radius 1 is 1.47 bits per heavy atom. The summed E-state index contributed by atoms with van der Waals surface area (Å²) in [6.07, 6.45) is -0.199. The minimum Gasteiger partial charge on any atom is -0.480 e. The Labute approximate surface area is 87.1 Å². The van der Waals surface area contributed by atoms with Gasteiger partial charge in [0.15, 0.2) is 0 Å². The molecule has 84 valence electrons. The van der Waals surface area contributed by atoms with Crippen molar-refractivity contribution in [3.05, 3.63) is 6.20 Å². The molecule has 0 unspecified atom stereocenters. The zero-order chi connectivity index (χ0) is 12.1. The molecule has 0 aliphatic carbocycles.